The van der Waals surface area contributed by atoms with E-state index in [4.69, 9.17) is 0 Å². The minimum absolute atomic E-state index is 0.528. The molecule has 1 saturated heterocycles. The van der Waals surface area contributed by atoms with Crippen molar-refractivity contribution in [1.82, 2.24) is 4.90 Å². The molecule has 17 heavy (non-hydrogen) atoms. The molecule has 0 radical (unpaired) electrons. The van der Waals surface area contributed by atoms with E-state index < -0.39 is 0 Å². The SMILES string of the molecule is CC1(C)CCN(CC2(CS)CCCCCC2)C1. The fraction of sp³-hybridized carbons (Fsp3) is 1.00. The van der Waals surface area contributed by atoms with Crippen molar-refractivity contribution in [3.63, 3.8) is 0 Å². The highest BCUT2D eigenvalue weighted by atomic mass is 32.1. The average molecular weight is 255 g/mol. The number of hydrogen-bond acceptors (Lipinski definition) is 2. The van der Waals surface area contributed by atoms with E-state index in [1.807, 2.05) is 0 Å². The molecular formula is C15H29NS. The third-order valence-electron chi connectivity index (χ3n) is 4.82. The zero-order valence-corrected chi connectivity index (χ0v) is 12.6. The van der Waals surface area contributed by atoms with Gasteiger partial charge in [-0.05, 0) is 42.4 Å². The molecule has 0 aromatic rings. The first-order chi connectivity index (χ1) is 8.05. The molecule has 2 aliphatic rings. The van der Waals surface area contributed by atoms with Crippen LogP contribution in [0.4, 0.5) is 0 Å². The van der Waals surface area contributed by atoms with E-state index in [9.17, 15) is 0 Å². The summed E-state index contributed by atoms with van der Waals surface area (Å²) in [5, 5.41) is 0. The Hall–Kier alpha value is 0.310. The third kappa shape index (κ3) is 3.64. The first-order valence-corrected chi connectivity index (χ1v) is 8.02. The molecule has 0 aromatic heterocycles. The molecule has 1 saturated carbocycles. The molecule has 1 aliphatic carbocycles. The quantitative estimate of drug-likeness (QED) is 0.589. The van der Waals surface area contributed by atoms with Crippen LogP contribution >= 0.6 is 12.6 Å². The van der Waals surface area contributed by atoms with Gasteiger partial charge in [-0.1, -0.05) is 39.5 Å². The number of thiol groups is 1. The lowest BCUT2D eigenvalue weighted by Crippen LogP contribution is -2.38. The van der Waals surface area contributed by atoms with Gasteiger partial charge in [0.15, 0.2) is 0 Å². The maximum Gasteiger partial charge on any atom is 0.00460 e. The van der Waals surface area contributed by atoms with Gasteiger partial charge in [-0.15, -0.1) is 0 Å². The summed E-state index contributed by atoms with van der Waals surface area (Å²) in [5.41, 5.74) is 1.07. The van der Waals surface area contributed by atoms with Crippen molar-refractivity contribution in [2.75, 3.05) is 25.4 Å². The highest BCUT2D eigenvalue weighted by Gasteiger charge is 2.36. The highest BCUT2D eigenvalue weighted by molar-refractivity contribution is 7.80. The van der Waals surface area contributed by atoms with Crippen molar-refractivity contribution in [2.45, 2.75) is 58.8 Å². The molecule has 1 nitrogen and oxygen atoms in total. The lowest BCUT2D eigenvalue weighted by atomic mass is 9.81. The second-order valence-electron chi connectivity index (χ2n) is 7.20. The number of rotatable bonds is 3. The van der Waals surface area contributed by atoms with E-state index in [0.717, 1.165) is 5.75 Å². The van der Waals surface area contributed by atoms with E-state index in [1.54, 1.807) is 0 Å². The highest BCUT2D eigenvalue weighted by Crippen LogP contribution is 2.39. The van der Waals surface area contributed by atoms with Crippen molar-refractivity contribution in [1.29, 1.82) is 0 Å². The van der Waals surface area contributed by atoms with E-state index in [-0.39, 0.29) is 0 Å². The number of nitrogens with zero attached hydrogens (tertiary/aromatic N) is 1. The van der Waals surface area contributed by atoms with E-state index >= 15 is 0 Å². The Bertz CT molecular complexity index is 241. The zero-order chi connectivity index (χ0) is 12.4. The molecule has 0 bridgehead atoms. The summed E-state index contributed by atoms with van der Waals surface area (Å²) in [4.78, 5) is 2.71. The molecule has 0 N–H and O–H groups in total. The largest absolute Gasteiger partial charge is 0.302 e. The monoisotopic (exact) mass is 255 g/mol. The third-order valence-corrected chi connectivity index (χ3v) is 5.49. The van der Waals surface area contributed by atoms with Crippen LogP contribution in [0.3, 0.4) is 0 Å². The Morgan fingerprint density at radius 2 is 1.65 bits per heavy atom. The van der Waals surface area contributed by atoms with Gasteiger partial charge in [0.25, 0.3) is 0 Å². The predicted molar refractivity (Wildman–Crippen MR) is 78.8 cm³/mol. The van der Waals surface area contributed by atoms with Gasteiger partial charge in [-0.2, -0.15) is 12.6 Å². The van der Waals surface area contributed by atoms with Gasteiger partial charge in [0.1, 0.15) is 0 Å². The summed E-state index contributed by atoms with van der Waals surface area (Å²) in [6, 6.07) is 0. The molecule has 2 rings (SSSR count). The van der Waals surface area contributed by atoms with Crippen molar-refractivity contribution < 1.29 is 0 Å². The molecule has 0 atom stereocenters. The van der Waals surface area contributed by atoms with Crippen LogP contribution < -0.4 is 0 Å². The van der Waals surface area contributed by atoms with E-state index in [0.29, 0.717) is 10.8 Å². The fourth-order valence-electron chi connectivity index (χ4n) is 3.68. The van der Waals surface area contributed by atoms with Gasteiger partial charge in [-0.25, -0.2) is 0 Å². The summed E-state index contributed by atoms with van der Waals surface area (Å²) >= 11 is 4.69. The number of hydrogen-bond donors (Lipinski definition) is 1. The zero-order valence-electron chi connectivity index (χ0n) is 11.7. The Morgan fingerprint density at radius 3 is 2.12 bits per heavy atom. The van der Waals surface area contributed by atoms with E-state index in [1.165, 1.54) is 64.6 Å². The van der Waals surface area contributed by atoms with Crippen LogP contribution in [0.25, 0.3) is 0 Å². The van der Waals surface area contributed by atoms with Crippen molar-refractivity contribution in [2.24, 2.45) is 10.8 Å². The van der Waals surface area contributed by atoms with Crippen LogP contribution in [-0.4, -0.2) is 30.3 Å². The lowest BCUT2D eigenvalue weighted by Gasteiger charge is -2.36. The maximum absolute atomic E-state index is 4.69. The van der Waals surface area contributed by atoms with Crippen molar-refractivity contribution >= 4 is 12.6 Å². The molecule has 0 unspecified atom stereocenters. The van der Waals surface area contributed by atoms with Gasteiger partial charge in [-0.3, -0.25) is 0 Å². The Kier molecular flexibility index (Phi) is 4.46. The first-order valence-electron chi connectivity index (χ1n) is 7.39. The van der Waals surface area contributed by atoms with Gasteiger partial charge in [0, 0.05) is 13.1 Å². The molecular weight excluding hydrogens is 226 g/mol. The van der Waals surface area contributed by atoms with Crippen LogP contribution in [0.2, 0.25) is 0 Å². The van der Waals surface area contributed by atoms with Crippen LogP contribution in [0.5, 0.6) is 0 Å². The molecule has 100 valence electrons. The molecule has 2 heteroatoms. The normalized spacial score (nSPS) is 29.1. The topological polar surface area (TPSA) is 3.24 Å². The Balaban J connectivity index is 1.94. The van der Waals surface area contributed by atoms with Gasteiger partial charge < -0.3 is 4.90 Å². The molecule has 0 amide bonds. The summed E-state index contributed by atoms with van der Waals surface area (Å²) < 4.78 is 0. The summed E-state index contributed by atoms with van der Waals surface area (Å²) in [7, 11) is 0. The van der Waals surface area contributed by atoms with Gasteiger partial charge in [0.05, 0.1) is 0 Å². The first kappa shape index (κ1) is 13.7. The molecule has 1 aliphatic heterocycles. The molecule has 0 aromatic carbocycles. The summed E-state index contributed by atoms with van der Waals surface area (Å²) in [6.45, 7) is 8.73. The van der Waals surface area contributed by atoms with Crippen LogP contribution in [-0.2, 0) is 0 Å². The fourth-order valence-corrected chi connectivity index (χ4v) is 4.09. The average Bonchev–Trinajstić information content (AvgIpc) is 2.52. The Morgan fingerprint density at radius 1 is 1.00 bits per heavy atom. The second kappa shape index (κ2) is 5.52. The smallest absolute Gasteiger partial charge is 0.00460 e. The lowest BCUT2D eigenvalue weighted by molar-refractivity contribution is 0.163. The van der Waals surface area contributed by atoms with Gasteiger partial charge >= 0.3 is 0 Å². The minimum atomic E-state index is 0.528. The second-order valence-corrected chi connectivity index (χ2v) is 7.51. The van der Waals surface area contributed by atoms with Gasteiger partial charge in [0.2, 0.25) is 0 Å². The maximum atomic E-state index is 4.69. The minimum Gasteiger partial charge on any atom is -0.302 e. The van der Waals surface area contributed by atoms with Crippen molar-refractivity contribution in [3.05, 3.63) is 0 Å². The van der Waals surface area contributed by atoms with Crippen LogP contribution in [0.1, 0.15) is 58.8 Å². The molecule has 0 spiro atoms. The summed E-state index contributed by atoms with van der Waals surface area (Å²) in [6.07, 6.45) is 9.94. The molecule has 1 heterocycles. The molecule has 2 fully saturated rings. The van der Waals surface area contributed by atoms with Crippen molar-refractivity contribution in [3.8, 4) is 0 Å². The van der Waals surface area contributed by atoms with E-state index in [2.05, 4.69) is 31.4 Å². The van der Waals surface area contributed by atoms with Crippen LogP contribution in [0.15, 0.2) is 0 Å². The number of likely N-dealkylation sites (tertiary alicyclic amines) is 1. The summed E-state index contributed by atoms with van der Waals surface area (Å²) in [5.74, 6) is 1.09. The predicted octanol–water partition coefficient (Wildman–Crippen LogP) is 3.99. The van der Waals surface area contributed by atoms with Crippen LogP contribution in [0, 0.1) is 10.8 Å². The standard InChI is InChI=1S/C15H29NS/c1-14(2)9-10-16(11-14)12-15(13-17)7-5-3-4-6-8-15/h17H,3-13H2,1-2H3. The Labute approximate surface area is 113 Å².